The molecule has 21 heavy (non-hydrogen) atoms. The first kappa shape index (κ1) is 15.1. The molecule has 110 valence electrons. The molecule has 0 fully saturated rings. The molecule has 2 aromatic rings. The second-order valence-corrected chi connectivity index (χ2v) is 5.10. The van der Waals surface area contributed by atoms with Gasteiger partial charge in [0.1, 0.15) is 11.5 Å². The molecule has 0 heterocycles. The molecular weight excluding hydrogens is 264 g/mol. The predicted molar refractivity (Wildman–Crippen MR) is 86.2 cm³/mol. The standard InChI is InChI=1S/C17H20N2O2/c1-19(2)11-10-18-12-13-6-5-8-15(17(13)21)14-7-3-4-9-16(14)20/h3-9,12,20-21H,10-11H2,1-2H3. The van der Waals surface area contributed by atoms with Gasteiger partial charge in [0.15, 0.2) is 0 Å². The molecule has 0 spiro atoms. The smallest absolute Gasteiger partial charge is 0.132 e. The molecule has 0 aliphatic heterocycles. The Morgan fingerprint density at radius 1 is 1.00 bits per heavy atom. The van der Waals surface area contributed by atoms with Crippen molar-refractivity contribution in [1.82, 2.24) is 4.90 Å². The largest absolute Gasteiger partial charge is 0.507 e. The molecule has 0 unspecified atom stereocenters. The first-order valence-electron chi connectivity index (χ1n) is 6.84. The number of hydrogen-bond donors (Lipinski definition) is 2. The average molecular weight is 284 g/mol. The monoisotopic (exact) mass is 284 g/mol. The summed E-state index contributed by atoms with van der Waals surface area (Å²) >= 11 is 0. The lowest BCUT2D eigenvalue weighted by molar-refractivity contribution is 0.421. The van der Waals surface area contributed by atoms with E-state index in [0.717, 1.165) is 6.54 Å². The van der Waals surface area contributed by atoms with E-state index in [2.05, 4.69) is 9.89 Å². The van der Waals surface area contributed by atoms with Crippen molar-refractivity contribution in [3.63, 3.8) is 0 Å². The van der Waals surface area contributed by atoms with Crippen molar-refractivity contribution in [1.29, 1.82) is 0 Å². The van der Waals surface area contributed by atoms with Crippen LogP contribution in [0.25, 0.3) is 11.1 Å². The van der Waals surface area contributed by atoms with Crippen LogP contribution in [0.5, 0.6) is 11.5 Å². The van der Waals surface area contributed by atoms with Gasteiger partial charge in [0.25, 0.3) is 0 Å². The van der Waals surface area contributed by atoms with Gasteiger partial charge in [0.2, 0.25) is 0 Å². The highest BCUT2D eigenvalue weighted by Crippen LogP contribution is 2.36. The fourth-order valence-electron chi connectivity index (χ4n) is 2.00. The fourth-order valence-corrected chi connectivity index (χ4v) is 2.00. The summed E-state index contributed by atoms with van der Waals surface area (Å²) in [4.78, 5) is 6.36. The number of phenols is 2. The summed E-state index contributed by atoms with van der Waals surface area (Å²) in [5.74, 6) is 0.280. The molecule has 2 rings (SSSR count). The van der Waals surface area contributed by atoms with E-state index in [4.69, 9.17) is 0 Å². The van der Waals surface area contributed by atoms with E-state index in [0.29, 0.717) is 23.2 Å². The predicted octanol–water partition coefficient (Wildman–Crippen LogP) is 2.75. The van der Waals surface area contributed by atoms with Crippen LogP contribution in [-0.4, -0.2) is 48.5 Å². The van der Waals surface area contributed by atoms with Gasteiger partial charge in [0, 0.05) is 29.4 Å². The van der Waals surface area contributed by atoms with Gasteiger partial charge in [-0.1, -0.05) is 30.3 Å². The second-order valence-electron chi connectivity index (χ2n) is 5.10. The highest BCUT2D eigenvalue weighted by molar-refractivity contribution is 5.89. The highest BCUT2D eigenvalue weighted by Gasteiger charge is 2.10. The molecule has 0 saturated carbocycles. The van der Waals surface area contributed by atoms with Crippen LogP contribution in [0, 0.1) is 0 Å². The number of para-hydroxylation sites is 2. The molecule has 0 aliphatic carbocycles. The van der Waals surface area contributed by atoms with Crippen molar-refractivity contribution in [3.8, 4) is 22.6 Å². The van der Waals surface area contributed by atoms with E-state index >= 15 is 0 Å². The van der Waals surface area contributed by atoms with E-state index < -0.39 is 0 Å². The third-order valence-electron chi connectivity index (χ3n) is 3.17. The van der Waals surface area contributed by atoms with E-state index in [9.17, 15) is 10.2 Å². The Bertz CT molecular complexity index is 636. The maximum atomic E-state index is 10.4. The van der Waals surface area contributed by atoms with Crippen molar-refractivity contribution in [2.24, 2.45) is 4.99 Å². The Balaban J connectivity index is 2.27. The van der Waals surface area contributed by atoms with Gasteiger partial charge >= 0.3 is 0 Å². The summed E-state index contributed by atoms with van der Waals surface area (Å²) < 4.78 is 0. The minimum absolute atomic E-state index is 0.132. The van der Waals surface area contributed by atoms with Crippen LogP contribution in [0.15, 0.2) is 47.5 Å². The van der Waals surface area contributed by atoms with Gasteiger partial charge in [-0.05, 0) is 26.2 Å². The summed E-state index contributed by atoms with van der Waals surface area (Å²) in [7, 11) is 3.98. The topological polar surface area (TPSA) is 56.1 Å². The van der Waals surface area contributed by atoms with Crippen LogP contribution < -0.4 is 0 Å². The summed E-state index contributed by atoms with van der Waals surface area (Å²) in [6, 6.07) is 12.4. The normalized spacial score (nSPS) is 11.4. The van der Waals surface area contributed by atoms with Gasteiger partial charge in [0.05, 0.1) is 6.54 Å². The zero-order valence-electron chi connectivity index (χ0n) is 12.3. The Hall–Kier alpha value is -2.33. The van der Waals surface area contributed by atoms with Crippen molar-refractivity contribution in [3.05, 3.63) is 48.0 Å². The average Bonchev–Trinajstić information content (AvgIpc) is 2.46. The lowest BCUT2D eigenvalue weighted by Crippen LogP contribution is -2.15. The van der Waals surface area contributed by atoms with Crippen molar-refractivity contribution < 1.29 is 10.2 Å². The molecule has 2 N–H and O–H groups in total. The summed E-state index contributed by atoms with van der Waals surface area (Å²) in [6.45, 7) is 1.53. The van der Waals surface area contributed by atoms with Gasteiger partial charge in [-0.25, -0.2) is 0 Å². The van der Waals surface area contributed by atoms with E-state index in [1.54, 1.807) is 36.5 Å². The SMILES string of the molecule is CN(C)CCN=Cc1cccc(-c2ccccc2O)c1O. The number of rotatable bonds is 5. The van der Waals surface area contributed by atoms with E-state index in [1.807, 2.05) is 26.2 Å². The Labute approximate surface area is 125 Å². The lowest BCUT2D eigenvalue weighted by Gasteiger charge is -2.09. The second kappa shape index (κ2) is 6.90. The third-order valence-corrected chi connectivity index (χ3v) is 3.17. The summed E-state index contributed by atoms with van der Waals surface area (Å²) in [6.07, 6.45) is 1.67. The molecule has 0 atom stereocenters. The Morgan fingerprint density at radius 3 is 2.43 bits per heavy atom. The summed E-state index contributed by atoms with van der Waals surface area (Å²) in [5.41, 5.74) is 1.86. The van der Waals surface area contributed by atoms with Crippen LogP contribution in [0.3, 0.4) is 0 Å². The van der Waals surface area contributed by atoms with Crippen LogP contribution >= 0.6 is 0 Å². The van der Waals surface area contributed by atoms with Crippen molar-refractivity contribution in [2.75, 3.05) is 27.2 Å². The quantitative estimate of drug-likeness (QED) is 0.830. The molecule has 0 radical (unpaired) electrons. The van der Waals surface area contributed by atoms with Gasteiger partial charge in [-0.3, -0.25) is 4.99 Å². The number of likely N-dealkylation sites (N-methyl/N-ethyl adjacent to an activating group) is 1. The van der Waals surface area contributed by atoms with Crippen molar-refractivity contribution in [2.45, 2.75) is 0 Å². The number of benzene rings is 2. The highest BCUT2D eigenvalue weighted by atomic mass is 16.3. The van der Waals surface area contributed by atoms with Gasteiger partial charge in [-0.15, -0.1) is 0 Å². The number of aliphatic imine (C=N–C) groups is 1. The Morgan fingerprint density at radius 2 is 1.71 bits per heavy atom. The van der Waals surface area contributed by atoms with Gasteiger partial charge in [-0.2, -0.15) is 0 Å². The van der Waals surface area contributed by atoms with Crippen LogP contribution in [-0.2, 0) is 0 Å². The van der Waals surface area contributed by atoms with E-state index in [1.165, 1.54) is 0 Å². The lowest BCUT2D eigenvalue weighted by atomic mass is 10.0. The minimum Gasteiger partial charge on any atom is -0.507 e. The fraction of sp³-hybridized carbons (Fsp3) is 0.235. The molecule has 0 aliphatic rings. The first-order valence-corrected chi connectivity index (χ1v) is 6.84. The number of aromatic hydroxyl groups is 2. The minimum atomic E-state index is 0.132. The van der Waals surface area contributed by atoms with E-state index in [-0.39, 0.29) is 11.5 Å². The zero-order chi connectivity index (χ0) is 15.2. The third kappa shape index (κ3) is 3.83. The summed E-state index contributed by atoms with van der Waals surface area (Å²) in [5, 5.41) is 20.3. The molecule has 0 aromatic heterocycles. The molecule has 2 aromatic carbocycles. The molecule has 0 amide bonds. The number of hydrogen-bond acceptors (Lipinski definition) is 4. The zero-order valence-corrected chi connectivity index (χ0v) is 12.3. The molecule has 0 bridgehead atoms. The van der Waals surface area contributed by atoms with Crippen molar-refractivity contribution >= 4 is 6.21 Å². The van der Waals surface area contributed by atoms with Crippen LogP contribution in [0.1, 0.15) is 5.56 Å². The molecule has 4 heteroatoms. The van der Waals surface area contributed by atoms with Crippen LogP contribution in [0.4, 0.5) is 0 Å². The first-order chi connectivity index (χ1) is 10.1. The number of phenolic OH excluding ortho intramolecular Hbond substituents is 2. The molecular formula is C17H20N2O2. The maximum Gasteiger partial charge on any atom is 0.132 e. The van der Waals surface area contributed by atoms with Gasteiger partial charge < -0.3 is 15.1 Å². The van der Waals surface area contributed by atoms with Crippen LogP contribution in [0.2, 0.25) is 0 Å². The maximum absolute atomic E-state index is 10.4. The molecule has 4 nitrogen and oxygen atoms in total. The molecule has 0 saturated heterocycles. The Kier molecular flexibility index (Phi) is 4.95. The number of nitrogens with zero attached hydrogens (tertiary/aromatic N) is 2.